The molecule has 1 unspecified atom stereocenters. The van der Waals surface area contributed by atoms with Gasteiger partial charge in [-0.2, -0.15) is 0 Å². The summed E-state index contributed by atoms with van der Waals surface area (Å²) in [5.41, 5.74) is 2.09. The molecule has 0 aromatic carbocycles. The molecular formula is C14H17NO3. The lowest BCUT2D eigenvalue weighted by Crippen LogP contribution is -2.39. The van der Waals surface area contributed by atoms with Gasteiger partial charge in [-0.15, -0.1) is 6.58 Å². The zero-order valence-electron chi connectivity index (χ0n) is 10.3. The standard InChI is InChI=1S/C14H17NO3/c1-2-3-10-8-14(17-6-7-18-14)9-11-4-5-12(16)15-13(10)11/h2,4-5,10H,1,3,6-9H2,(H,15,16). The number of pyridine rings is 1. The first kappa shape index (κ1) is 11.7. The molecule has 1 fully saturated rings. The summed E-state index contributed by atoms with van der Waals surface area (Å²) >= 11 is 0. The van der Waals surface area contributed by atoms with Gasteiger partial charge in [0.2, 0.25) is 5.56 Å². The molecule has 0 bridgehead atoms. The molecule has 96 valence electrons. The maximum atomic E-state index is 11.5. The third-order valence-corrected chi connectivity index (χ3v) is 3.73. The number of aromatic amines is 1. The average Bonchev–Trinajstić information content (AvgIpc) is 2.79. The number of hydrogen-bond donors (Lipinski definition) is 1. The minimum Gasteiger partial charge on any atom is -0.347 e. The molecule has 4 heteroatoms. The van der Waals surface area contributed by atoms with Gasteiger partial charge in [-0.1, -0.05) is 12.1 Å². The van der Waals surface area contributed by atoms with E-state index in [4.69, 9.17) is 9.47 Å². The number of rotatable bonds is 2. The molecule has 4 nitrogen and oxygen atoms in total. The number of H-pyrrole nitrogens is 1. The van der Waals surface area contributed by atoms with Crippen LogP contribution in [0.2, 0.25) is 0 Å². The van der Waals surface area contributed by atoms with Crippen molar-refractivity contribution in [3.8, 4) is 0 Å². The topological polar surface area (TPSA) is 51.3 Å². The predicted molar refractivity (Wildman–Crippen MR) is 67.6 cm³/mol. The van der Waals surface area contributed by atoms with Crippen molar-refractivity contribution in [2.24, 2.45) is 0 Å². The molecule has 1 aliphatic heterocycles. The van der Waals surface area contributed by atoms with E-state index in [2.05, 4.69) is 11.6 Å². The molecule has 1 saturated heterocycles. The molecule has 18 heavy (non-hydrogen) atoms. The Morgan fingerprint density at radius 2 is 2.22 bits per heavy atom. The van der Waals surface area contributed by atoms with Crippen LogP contribution in [0.1, 0.15) is 30.0 Å². The van der Waals surface area contributed by atoms with Crippen molar-refractivity contribution in [3.63, 3.8) is 0 Å². The van der Waals surface area contributed by atoms with Gasteiger partial charge in [-0.05, 0) is 12.0 Å². The van der Waals surface area contributed by atoms with E-state index in [1.165, 1.54) is 0 Å². The summed E-state index contributed by atoms with van der Waals surface area (Å²) in [6, 6.07) is 3.45. The van der Waals surface area contributed by atoms with Crippen LogP contribution in [-0.4, -0.2) is 24.0 Å². The second kappa shape index (κ2) is 4.37. The fraction of sp³-hybridized carbons (Fsp3) is 0.500. The van der Waals surface area contributed by atoms with Crippen LogP contribution in [0, 0.1) is 0 Å². The van der Waals surface area contributed by atoms with Gasteiger partial charge in [0, 0.05) is 30.5 Å². The highest BCUT2D eigenvalue weighted by Gasteiger charge is 2.43. The Morgan fingerprint density at radius 1 is 1.44 bits per heavy atom. The first-order chi connectivity index (χ1) is 8.72. The molecule has 1 atom stereocenters. The highest BCUT2D eigenvalue weighted by atomic mass is 16.7. The molecule has 1 aromatic heterocycles. The monoisotopic (exact) mass is 247 g/mol. The molecular weight excluding hydrogens is 230 g/mol. The van der Waals surface area contributed by atoms with Crippen molar-refractivity contribution in [2.45, 2.75) is 31.0 Å². The van der Waals surface area contributed by atoms with Crippen molar-refractivity contribution in [1.29, 1.82) is 0 Å². The first-order valence-corrected chi connectivity index (χ1v) is 6.33. The summed E-state index contributed by atoms with van der Waals surface area (Å²) in [6.45, 7) is 5.10. The normalized spacial score (nSPS) is 25.0. The lowest BCUT2D eigenvalue weighted by molar-refractivity contribution is -0.168. The molecule has 1 spiro atoms. The summed E-state index contributed by atoms with van der Waals surface area (Å²) in [6.07, 6.45) is 4.20. The van der Waals surface area contributed by atoms with E-state index in [1.807, 2.05) is 12.1 Å². The van der Waals surface area contributed by atoms with Gasteiger partial charge in [0.1, 0.15) is 0 Å². The van der Waals surface area contributed by atoms with E-state index in [-0.39, 0.29) is 11.5 Å². The second-order valence-electron chi connectivity index (χ2n) is 4.97. The highest BCUT2D eigenvalue weighted by Crippen LogP contribution is 2.42. The van der Waals surface area contributed by atoms with Crippen LogP contribution >= 0.6 is 0 Å². The van der Waals surface area contributed by atoms with E-state index in [0.29, 0.717) is 19.6 Å². The Hall–Kier alpha value is -1.39. The second-order valence-corrected chi connectivity index (χ2v) is 4.97. The number of hydrogen-bond acceptors (Lipinski definition) is 3. The number of nitrogens with one attached hydrogen (secondary N) is 1. The van der Waals surface area contributed by atoms with Gasteiger partial charge >= 0.3 is 0 Å². The zero-order valence-corrected chi connectivity index (χ0v) is 10.3. The Morgan fingerprint density at radius 3 is 2.94 bits per heavy atom. The third kappa shape index (κ3) is 1.91. The molecule has 0 amide bonds. The Bertz CT molecular complexity index is 514. The maximum Gasteiger partial charge on any atom is 0.248 e. The van der Waals surface area contributed by atoms with Crippen molar-refractivity contribution in [2.75, 3.05) is 13.2 Å². The molecule has 2 heterocycles. The molecule has 1 aliphatic carbocycles. The summed E-state index contributed by atoms with van der Waals surface area (Å²) in [5, 5.41) is 0. The van der Waals surface area contributed by atoms with Crippen molar-refractivity contribution >= 4 is 0 Å². The Balaban J connectivity index is 2.02. The van der Waals surface area contributed by atoms with E-state index >= 15 is 0 Å². The third-order valence-electron chi connectivity index (χ3n) is 3.73. The van der Waals surface area contributed by atoms with Gasteiger partial charge in [0.15, 0.2) is 5.79 Å². The van der Waals surface area contributed by atoms with E-state index in [1.54, 1.807) is 6.07 Å². The predicted octanol–water partition coefficient (Wildman–Crippen LogP) is 1.72. The number of ether oxygens (including phenoxy) is 2. The molecule has 1 N–H and O–H groups in total. The SMILES string of the molecule is C=CCC1CC2(Cc3ccc(=O)[nH]c31)OCCO2. The van der Waals surface area contributed by atoms with Crippen LogP contribution in [-0.2, 0) is 15.9 Å². The number of allylic oxidation sites excluding steroid dienone is 1. The molecule has 3 rings (SSSR count). The zero-order chi connectivity index (χ0) is 12.6. The van der Waals surface area contributed by atoms with Gasteiger partial charge < -0.3 is 14.5 Å². The lowest BCUT2D eigenvalue weighted by Gasteiger charge is -2.37. The Labute approximate surface area is 106 Å². The van der Waals surface area contributed by atoms with Gasteiger partial charge in [0.05, 0.1) is 13.2 Å². The smallest absolute Gasteiger partial charge is 0.248 e. The first-order valence-electron chi connectivity index (χ1n) is 6.33. The van der Waals surface area contributed by atoms with E-state index in [0.717, 1.165) is 24.1 Å². The van der Waals surface area contributed by atoms with Crippen molar-refractivity contribution in [1.82, 2.24) is 4.98 Å². The summed E-state index contributed by atoms with van der Waals surface area (Å²) in [4.78, 5) is 14.4. The maximum absolute atomic E-state index is 11.5. The largest absolute Gasteiger partial charge is 0.347 e. The van der Waals surface area contributed by atoms with E-state index < -0.39 is 5.79 Å². The summed E-state index contributed by atoms with van der Waals surface area (Å²) in [5.74, 6) is -0.267. The van der Waals surface area contributed by atoms with Crippen LogP contribution in [0.5, 0.6) is 0 Å². The molecule has 0 saturated carbocycles. The van der Waals surface area contributed by atoms with Crippen molar-refractivity contribution in [3.05, 3.63) is 46.4 Å². The fourth-order valence-electron chi connectivity index (χ4n) is 3.00. The fourth-order valence-corrected chi connectivity index (χ4v) is 3.00. The molecule has 0 radical (unpaired) electrons. The van der Waals surface area contributed by atoms with E-state index in [9.17, 15) is 4.79 Å². The van der Waals surface area contributed by atoms with Gasteiger partial charge in [0.25, 0.3) is 0 Å². The molecule has 1 aromatic rings. The quantitative estimate of drug-likeness (QED) is 0.810. The number of fused-ring (bicyclic) bond motifs is 1. The van der Waals surface area contributed by atoms with Crippen LogP contribution in [0.3, 0.4) is 0 Å². The van der Waals surface area contributed by atoms with Crippen LogP contribution < -0.4 is 5.56 Å². The van der Waals surface area contributed by atoms with Gasteiger partial charge in [-0.25, -0.2) is 0 Å². The van der Waals surface area contributed by atoms with Gasteiger partial charge in [-0.3, -0.25) is 4.79 Å². The minimum absolute atomic E-state index is 0.0491. The summed E-state index contributed by atoms with van der Waals surface area (Å²) in [7, 11) is 0. The highest BCUT2D eigenvalue weighted by molar-refractivity contribution is 5.29. The lowest BCUT2D eigenvalue weighted by atomic mass is 9.81. The van der Waals surface area contributed by atoms with Crippen LogP contribution in [0.25, 0.3) is 0 Å². The Kier molecular flexibility index (Phi) is 2.84. The van der Waals surface area contributed by atoms with Crippen LogP contribution in [0.4, 0.5) is 0 Å². The minimum atomic E-state index is -0.487. The number of aromatic nitrogens is 1. The molecule has 2 aliphatic rings. The summed E-state index contributed by atoms with van der Waals surface area (Å²) < 4.78 is 11.6. The van der Waals surface area contributed by atoms with Crippen LogP contribution in [0.15, 0.2) is 29.6 Å². The van der Waals surface area contributed by atoms with Crippen molar-refractivity contribution < 1.29 is 9.47 Å². The average molecular weight is 247 g/mol.